The number of fused-ring (bicyclic) bond motifs is 4. The molecule has 0 spiro atoms. The zero-order valence-electron chi connectivity index (χ0n) is 28.8. The van der Waals surface area contributed by atoms with Crippen LogP contribution >= 0.6 is 0 Å². The first-order chi connectivity index (χ1) is 20.4. The summed E-state index contributed by atoms with van der Waals surface area (Å²) < 4.78 is 12.6. The van der Waals surface area contributed by atoms with E-state index in [4.69, 9.17) is 9.47 Å². The Bertz CT molecular complexity index is 1230. The molecular weight excluding hydrogens is 544 g/mol. The molecule has 0 aromatic carbocycles. The number of hydrogen-bond acceptors (Lipinski definition) is 4. The lowest BCUT2D eigenvalue weighted by atomic mass is 9.61. The van der Waals surface area contributed by atoms with Crippen molar-refractivity contribution in [2.75, 3.05) is 0 Å². The number of hydrogen-bond donors (Lipinski definition) is 2. The summed E-state index contributed by atoms with van der Waals surface area (Å²) in [6, 6.07) is 0. The fourth-order valence-electron chi connectivity index (χ4n) is 8.23. The van der Waals surface area contributed by atoms with Crippen molar-refractivity contribution in [2.24, 2.45) is 10.8 Å². The molecule has 0 aromatic heterocycles. The first-order valence-electron chi connectivity index (χ1n) is 16.3. The molecule has 4 saturated heterocycles. The average molecular weight is 601 g/mol. The quantitative estimate of drug-likeness (QED) is 0.246. The third-order valence-electron chi connectivity index (χ3n) is 10.5. The van der Waals surface area contributed by atoms with Gasteiger partial charge in [0.15, 0.2) is 0 Å². The summed E-state index contributed by atoms with van der Waals surface area (Å²) in [6.45, 7) is 20.9. The summed E-state index contributed by atoms with van der Waals surface area (Å²) in [4.78, 5) is 0. The average Bonchev–Trinajstić information content (AvgIpc) is 3.50. The summed E-state index contributed by atoms with van der Waals surface area (Å²) in [7, 11) is 0. The number of ether oxygens (including phenoxy) is 2. The molecule has 4 bridgehead atoms. The van der Waals surface area contributed by atoms with E-state index in [2.05, 4.69) is 140 Å². The first kappa shape index (κ1) is 34.4. The molecule has 0 saturated carbocycles. The van der Waals surface area contributed by atoms with E-state index < -0.39 is 22.4 Å². The van der Waals surface area contributed by atoms with E-state index in [0.29, 0.717) is 12.8 Å². The predicted molar refractivity (Wildman–Crippen MR) is 183 cm³/mol. The van der Waals surface area contributed by atoms with E-state index in [1.807, 2.05) is 13.8 Å². The summed E-state index contributed by atoms with van der Waals surface area (Å²) in [5.74, 6) is 0. The third-order valence-corrected chi connectivity index (χ3v) is 10.5. The van der Waals surface area contributed by atoms with Gasteiger partial charge in [-0.25, -0.2) is 0 Å². The largest absolute Gasteiger partial charge is 0.387 e. The fourth-order valence-corrected chi connectivity index (χ4v) is 8.23. The Morgan fingerprint density at radius 3 is 1.14 bits per heavy atom. The summed E-state index contributed by atoms with van der Waals surface area (Å²) >= 11 is 0. The van der Waals surface area contributed by atoms with Gasteiger partial charge in [-0.15, -0.1) is 0 Å². The van der Waals surface area contributed by atoms with Gasteiger partial charge in [0.25, 0.3) is 0 Å². The topological polar surface area (TPSA) is 58.9 Å². The molecule has 2 N–H and O–H groups in total. The second-order valence-electron chi connectivity index (χ2n) is 15.5. The molecule has 4 fully saturated rings. The molecule has 4 aliphatic heterocycles. The van der Waals surface area contributed by atoms with Gasteiger partial charge in [-0.1, -0.05) is 123 Å². The van der Waals surface area contributed by atoms with Gasteiger partial charge < -0.3 is 19.7 Å². The van der Waals surface area contributed by atoms with Gasteiger partial charge in [-0.05, 0) is 66.5 Å². The van der Waals surface area contributed by atoms with E-state index in [1.165, 1.54) is 0 Å². The van der Waals surface area contributed by atoms with Gasteiger partial charge in [-0.3, -0.25) is 0 Å². The van der Waals surface area contributed by atoms with E-state index >= 15 is 0 Å². The van der Waals surface area contributed by atoms with E-state index in [0.717, 1.165) is 35.1 Å². The van der Waals surface area contributed by atoms with Crippen LogP contribution in [0, 0.1) is 10.8 Å². The Hall–Kier alpha value is -2.50. The van der Waals surface area contributed by atoms with Crippen molar-refractivity contribution in [1.29, 1.82) is 0 Å². The van der Waals surface area contributed by atoms with Crippen LogP contribution in [0.25, 0.3) is 0 Å². The molecule has 4 aliphatic rings. The van der Waals surface area contributed by atoms with E-state index in [1.54, 1.807) is 0 Å². The van der Waals surface area contributed by atoms with Crippen molar-refractivity contribution < 1.29 is 19.7 Å². The number of aliphatic hydroxyl groups is 2. The van der Waals surface area contributed by atoms with Crippen molar-refractivity contribution >= 4 is 0 Å². The van der Waals surface area contributed by atoms with E-state index in [9.17, 15) is 10.2 Å². The zero-order valence-corrected chi connectivity index (χ0v) is 28.8. The molecule has 0 aromatic rings. The molecule has 44 heavy (non-hydrogen) atoms. The SMILES string of the molecule is CC(=C/C=C/C(C)=C/C=C/C=C(C)/C=C/C=C(C)/C=C/[C@@]12O[C@@H](CC1(C)C)C[C@@]2(C)O)/C=C/[C@@]12O[C@@H](CC1(C)C)C[C@@]2(C)O. The highest BCUT2D eigenvalue weighted by Crippen LogP contribution is 2.61. The van der Waals surface area contributed by atoms with Crippen LogP contribution in [0.3, 0.4) is 0 Å². The molecule has 4 heterocycles. The van der Waals surface area contributed by atoms with Crippen LogP contribution in [-0.2, 0) is 9.47 Å². The van der Waals surface area contributed by atoms with Gasteiger partial charge in [-0.2, -0.15) is 0 Å². The predicted octanol–water partition coefficient (Wildman–Crippen LogP) is 8.97. The maximum absolute atomic E-state index is 11.1. The van der Waals surface area contributed by atoms with Crippen molar-refractivity contribution in [1.82, 2.24) is 0 Å². The molecule has 4 rings (SSSR count). The highest BCUT2D eigenvalue weighted by molar-refractivity contribution is 5.35. The summed E-state index contributed by atoms with van der Waals surface area (Å²) in [5, 5.41) is 22.2. The third kappa shape index (κ3) is 6.56. The number of rotatable bonds is 10. The molecule has 0 amide bonds. The van der Waals surface area contributed by atoms with Crippen molar-refractivity contribution in [3.8, 4) is 0 Å². The van der Waals surface area contributed by atoms with Crippen LogP contribution in [-0.4, -0.2) is 44.8 Å². The van der Waals surface area contributed by atoms with Gasteiger partial charge >= 0.3 is 0 Å². The van der Waals surface area contributed by atoms with Gasteiger partial charge in [0.05, 0.1) is 23.4 Å². The maximum Gasteiger partial charge on any atom is 0.120 e. The summed E-state index contributed by atoms with van der Waals surface area (Å²) in [5.41, 5.74) is 1.37. The highest BCUT2D eigenvalue weighted by Gasteiger charge is 2.68. The molecule has 0 aliphatic carbocycles. The van der Waals surface area contributed by atoms with Gasteiger partial charge in [0.1, 0.15) is 11.2 Å². The van der Waals surface area contributed by atoms with Crippen LogP contribution in [0.2, 0.25) is 0 Å². The lowest BCUT2D eigenvalue weighted by Gasteiger charge is -2.46. The first-order valence-corrected chi connectivity index (χ1v) is 16.3. The van der Waals surface area contributed by atoms with Crippen molar-refractivity contribution in [3.63, 3.8) is 0 Å². The molecule has 240 valence electrons. The minimum atomic E-state index is -0.848. The zero-order chi connectivity index (χ0) is 32.6. The minimum Gasteiger partial charge on any atom is -0.387 e. The Morgan fingerprint density at radius 2 is 0.818 bits per heavy atom. The molecule has 4 nitrogen and oxygen atoms in total. The molecule has 0 unspecified atom stereocenters. The van der Waals surface area contributed by atoms with Crippen LogP contribution in [0.5, 0.6) is 0 Å². The van der Waals surface area contributed by atoms with Crippen LogP contribution < -0.4 is 0 Å². The lowest BCUT2D eigenvalue weighted by molar-refractivity contribution is -0.115. The summed E-state index contributed by atoms with van der Waals surface area (Å²) in [6.07, 6.45) is 32.7. The van der Waals surface area contributed by atoms with Crippen molar-refractivity contribution in [3.05, 3.63) is 107 Å². The maximum atomic E-state index is 11.1. The molecule has 4 heteroatoms. The Balaban J connectivity index is 1.28. The normalized spacial score (nSPS) is 39.2. The Labute approximate surface area is 267 Å². The minimum absolute atomic E-state index is 0.0983. The Kier molecular flexibility index (Phi) is 9.66. The second kappa shape index (κ2) is 12.4. The highest BCUT2D eigenvalue weighted by atomic mass is 16.6. The molecular formula is C40H56O4. The van der Waals surface area contributed by atoms with Crippen LogP contribution in [0.15, 0.2) is 107 Å². The standard InChI is InChI=1S/C40H56O4/c1-29(17-13-19-31(3)21-23-39-35(5,6)25-33(43-39)27-37(39,9)41)15-11-12-16-30(2)18-14-20-32(4)22-24-40-36(7,8)26-34(44-40)28-38(40,10)42/h11-24,33-34,41-42H,25-28H2,1-10H3/b12-11+,17-13+,18-14+,23-21+,24-22+,29-15+,30-16+,31-19-,32-20+/t33-,34-,37+,38+,39+,40+/m0/s1. The molecule has 6 atom stereocenters. The second-order valence-corrected chi connectivity index (χ2v) is 15.5. The van der Waals surface area contributed by atoms with Gasteiger partial charge in [0.2, 0.25) is 0 Å². The Morgan fingerprint density at radius 1 is 0.500 bits per heavy atom. The van der Waals surface area contributed by atoms with E-state index in [-0.39, 0.29) is 23.0 Å². The molecule has 0 radical (unpaired) electrons. The smallest absolute Gasteiger partial charge is 0.120 e. The van der Waals surface area contributed by atoms with Crippen LogP contribution in [0.1, 0.15) is 94.9 Å². The monoisotopic (exact) mass is 600 g/mol. The van der Waals surface area contributed by atoms with Crippen LogP contribution in [0.4, 0.5) is 0 Å². The lowest BCUT2D eigenvalue weighted by Crippen LogP contribution is -2.56. The fraction of sp³-hybridized carbons (Fsp3) is 0.550. The van der Waals surface area contributed by atoms with Crippen molar-refractivity contribution in [2.45, 2.75) is 130 Å². The number of allylic oxidation sites excluding steroid dienone is 16. The van der Waals surface area contributed by atoms with Gasteiger partial charge in [0, 0.05) is 23.7 Å².